The van der Waals surface area contributed by atoms with Gasteiger partial charge < -0.3 is 14.5 Å². The minimum absolute atomic E-state index is 0.109. The van der Waals surface area contributed by atoms with Gasteiger partial charge >= 0.3 is 0 Å². The van der Waals surface area contributed by atoms with Crippen molar-refractivity contribution in [3.05, 3.63) is 66.0 Å². The van der Waals surface area contributed by atoms with E-state index in [4.69, 9.17) is 9.72 Å². The summed E-state index contributed by atoms with van der Waals surface area (Å²) >= 11 is 0. The predicted molar refractivity (Wildman–Crippen MR) is 121 cm³/mol. The van der Waals surface area contributed by atoms with Crippen LogP contribution in [-0.2, 0) is 11.3 Å². The van der Waals surface area contributed by atoms with E-state index in [1.165, 1.54) is 0 Å². The fourth-order valence-electron chi connectivity index (χ4n) is 4.71. The number of carbonyl (C=O) groups excluding carboxylic acids is 1. The van der Waals surface area contributed by atoms with Crippen LogP contribution in [0.3, 0.4) is 0 Å². The maximum Gasteiger partial charge on any atom is 0.272 e. The molecule has 5 heterocycles. The quantitative estimate of drug-likeness (QED) is 0.614. The van der Waals surface area contributed by atoms with E-state index in [1.807, 2.05) is 42.7 Å². The van der Waals surface area contributed by atoms with Gasteiger partial charge in [0.15, 0.2) is 5.69 Å². The number of amides is 1. The standard InChI is InChI=1S/C24H30N6O2/c31-24(26-10-13-28-14-16-32-17-15-28)22-20-7-2-4-12-30(20)23(27-22)21-8-5-11-29(21)18-19-6-1-3-9-25-19/h1-4,6-7,9,12,21H,5,8,10-11,13-18H2,(H,26,31). The Hall–Kier alpha value is -2.81. The molecule has 0 bridgehead atoms. The van der Waals surface area contributed by atoms with Crippen LogP contribution >= 0.6 is 0 Å². The van der Waals surface area contributed by atoms with Gasteiger partial charge in [0.2, 0.25) is 0 Å². The first-order valence-corrected chi connectivity index (χ1v) is 11.5. The SMILES string of the molecule is O=C(NCCN1CCOCC1)c1nc(C2CCCN2Cc2ccccn2)n2ccccc12. The third-order valence-electron chi connectivity index (χ3n) is 6.36. The zero-order valence-electron chi connectivity index (χ0n) is 18.3. The number of pyridine rings is 2. The van der Waals surface area contributed by atoms with Crippen molar-refractivity contribution in [2.75, 3.05) is 45.9 Å². The summed E-state index contributed by atoms with van der Waals surface area (Å²) < 4.78 is 7.47. The number of nitrogens with one attached hydrogen (secondary N) is 1. The summed E-state index contributed by atoms with van der Waals surface area (Å²) in [4.78, 5) is 27.2. The minimum Gasteiger partial charge on any atom is -0.379 e. The molecule has 2 aliphatic heterocycles. The summed E-state index contributed by atoms with van der Waals surface area (Å²) in [5.41, 5.74) is 2.42. The number of imidazole rings is 1. The number of carbonyl (C=O) groups is 1. The highest BCUT2D eigenvalue weighted by Gasteiger charge is 2.31. The second-order valence-electron chi connectivity index (χ2n) is 8.43. The molecule has 8 nitrogen and oxygen atoms in total. The molecule has 1 N–H and O–H groups in total. The van der Waals surface area contributed by atoms with Crippen LogP contribution in [0.25, 0.3) is 5.52 Å². The van der Waals surface area contributed by atoms with Gasteiger partial charge in [0.05, 0.1) is 30.5 Å². The van der Waals surface area contributed by atoms with E-state index in [0.29, 0.717) is 12.2 Å². The van der Waals surface area contributed by atoms with Crippen LogP contribution in [0, 0.1) is 0 Å². The Morgan fingerprint density at radius 1 is 1.12 bits per heavy atom. The number of rotatable bonds is 7. The number of hydrogen-bond donors (Lipinski definition) is 1. The molecule has 2 saturated heterocycles. The monoisotopic (exact) mass is 434 g/mol. The van der Waals surface area contributed by atoms with Crippen LogP contribution in [0.5, 0.6) is 0 Å². The molecule has 1 amide bonds. The van der Waals surface area contributed by atoms with E-state index in [0.717, 1.165) is 75.8 Å². The lowest BCUT2D eigenvalue weighted by Crippen LogP contribution is -2.41. The molecule has 3 aromatic heterocycles. The van der Waals surface area contributed by atoms with E-state index in [2.05, 4.69) is 30.6 Å². The van der Waals surface area contributed by atoms with Crippen molar-refractivity contribution >= 4 is 11.4 Å². The Kier molecular flexibility index (Phi) is 6.43. The van der Waals surface area contributed by atoms with Gasteiger partial charge in [-0.2, -0.15) is 0 Å². The van der Waals surface area contributed by atoms with Crippen molar-refractivity contribution in [2.24, 2.45) is 0 Å². The first-order valence-electron chi connectivity index (χ1n) is 11.5. The maximum atomic E-state index is 13.0. The molecule has 2 fully saturated rings. The Bertz CT molecular complexity index is 1050. The van der Waals surface area contributed by atoms with Crippen LogP contribution in [0.2, 0.25) is 0 Å². The van der Waals surface area contributed by atoms with E-state index in [1.54, 1.807) is 0 Å². The highest BCUT2D eigenvalue weighted by Crippen LogP contribution is 2.33. The molecule has 0 radical (unpaired) electrons. The number of hydrogen-bond acceptors (Lipinski definition) is 6. The predicted octanol–water partition coefficient (Wildman–Crippen LogP) is 2.13. The van der Waals surface area contributed by atoms with Gasteiger partial charge in [0.1, 0.15) is 5.82 Å². The van der Waals surface area contributed by atoms with Crippen molar-refractivity contribution in [2.45, 2.75) is 25.4 Å². The van der Waals surface area contributed by atoms with Crippen LogP contribution in [-0.4, -0.2) is 76.0 Å². The van der Waals surface area contributed by atoms with Crippen molar-refractivity contribution < 1.29 is 9.53 Å². The lowest BCUT2D eigenvalue weighted by atomic mass is 10.2. The molecule has 8 heteroatoms. The van der Waals surface area contributed by atoms with Crippen LogP contribution < -0.4 is 5.32 Å². The van der Waals surface area contributed by atoms with Crippen molar-refractivity contribution in [1.29, 1.82) is 0 Å². The number of likely N-dealkylation sites (tertiary alicyclic amines) is 1. The van der Waals surface area contributed by atoms with Crippen molar-refractivity contribution in [3.63, 3.8) is 0 Å². The molecule has 0 saturated carbocycles. The normalized spacial score (nSPS) is 20.1. The smallest absolute Gasteiger partial charge is 0.272 e. The molecule has 32 heavy (non-hydrogen) atoms. The first-order chi connectivity index (χ1) is 15.8. The molecule has 3 aromatic rings. The molecule has 2 aliphatic rings. The van der Waals surface area contributed by atoms with Crippen LogP contribution in [0.15, 0.2) is 48.8 Å². The number of ether oxygens (including phenoxy) is 1. The van der Waals surface area contributed by atoms with Gasteiger partial charge in [-0.25, -0.2) is 4.98 Å². The Labute approximate surface area is 188 Å². The maximum absolute atomic E-state index is 13.0. The second kappa shape index (κ2) is 9.77. The highest BCUT2D eigenvalue weighted by molar-refractivity contribution is 5.99. The zero-order chi connectivity index (χ0) is 21.8. The van der Waals surface area contributed by atoms with Crippen molar-refractivity contribution in [3.8, 4) is 0 Å². The molecule has 1 unspecified atom stereocenters. The Morgan fingerprint density at radius 3 is 2.84 bits per heavy atom. The Balaban J connectivity index is 1.33. The number of morpholine rings is 1. The average Bonchev–Trinajstić information content (AvgIpc) is 3.45. The lowest BCUT2D eigenvalue weighted by molar-refractivity contribution is 0.0383. The fourth-order valence-corrected chi connectivity index (χ4v) is 4.71. The molecular weight excluding hydrogens is 404 g/mol. The zero-order valence-corrected chi connectivity index (χ0v) is 18.3. The average molecular weight is 435 g/mol. The van der Waals surface area contributed by atoms with Gasteiger partial charge in [-0.15, -0.1) is 0 Å². The van der Waals surface area contributed by atoms with E-state index in [-0.39, 0.29) is 11.9 Å². The lowest BCUT2D eigenvalue weighted by Gasteiger charge is -2.26. The van der Waals surface area contributed by atoms with Gasteiger partial charge in [-0.05, 0) is 43.7 Å². The third kappa shape index (κ3) is 4.53. The third-order valence-corrected chi connectivity index (χ3v) is 6.36. The first kappa shape index (κ1) is 21.1. The summed E-state index contributed by atoms with van der Waals surface area (Å²) in [6.45, 7) is 6.59. The van der Waals surface area contributed by atoms with Crippen LogP contribution in [0.4, 0.5) is 0 Å². The minimum atomic E-state index is -0.109. The molecule has 168 valence electrons. The van der Waals surface area contributed by atoms with Crippen molar-refractivity contribution in [1.82, 2.24) is 29.5 Å². The molecule has 0 aromatic carbocycles. The molecule has 0 aliphatic carbocycles. The van der Waals surface area contributed by atoms with Gasteiger partial charge in [0.25, 0.3) is 5.91 Å². The summed E-state index contributed by atoms with van der Waals surface area (Å²) in [7, 11) is 0. The summed E-state index contributed by atoms with van der Waals surface area (Å²) in [6, 6.07) is 12.1. The van der Waals surface area contributed by atoms with Gasteiger partial charge in [-0.1, -0.05) is 12.1 Å². The fraction of sp³-hybridized carbons (Fsp3) is 0.458. The van der Waals surface area contributed by atoms with Gasteiger partial charge in [-0.3, -0.25) is 19.6 Å². The largest absolute Gasteiger partial charge is 0.379 e. The number of aromatic nitrogens is 3. The van der Waals surface area contributed by atoms with Gasteiger partial charge in [0, 0.05) is 45.1 Å². The molecule has 0 spiro atoms. The van der Waals surface area contributed by atoms with E-state index in [9.17, 15) is 4.79 Å². The molecule has 1 atom stereocenters. The highest BCUT2D eigenvalue weighted by atomic mass is 16.5. The Morgan fingerprint density at radius 2 is 2.00 bits per heavy atom. The second-order valence-corrected chi connectivity index (χ2v) is 8.43. The van der Waals surface area contributed by atoms with E-state index >= 15 is 0 Å². The van der Waals surface area contributed by atoms with E-state index < -0.39 is 0 Å². The summed E-state index contributed by atoms with van der Waals surface area (Å²) in [6.07, 6.45) is 5.99. The summed E-state index contributed by atoms with van der Waals surface area (Å²) in [5, 5.41) is 3.07. The topological polar surface area (TPSA) is 75.0 Å². The number of fused-ring (bicyclic) bond motifs is 1. The number of nitrogens with zero attached hydrogens (tertiary/aromatic N) is 5. The summed E-state index contributed by atoms with van der Waals surface area (Å²) in [5.74, 6) is 0.829. The molecule has 5 rings (SSSR count). The van der Waals surface area contributed by atoms with Crippen LogP contribution in [0.1, 0.15) is 40.9 Å². The molecular formula is C24H30N6O2.